The van der Waals surface area contributed by atoms with E-state index < -0.39 is 73.3 Å². The van der Waals surface area contributed by atoms with E-state index in [1.54, 1.807) is 0 Å². The van der Waals surface area contributed by atoms with Crippen LogP contribution in [-0.4, -0.2) is 89.6 Å². The first kappa shape index (κ1) is 29.0. The number of nitrogens with two attached hydrogens (primary N) is 3. The van der Waals surface area contributed by atoms with Crippen LogP contribution in [-0.2, 0) is 33.5 Å². The number of hydrogen-bond acceptors (Lipinski definition) is 9. The molecule has 0 aromatic heterocycles. The molecule has 0 aromatic carbocycles. The van der Waals surface area contributed by atoms with Crippen LogP contribution >= 0.6 is 0 Å². The van der Waals surface area contributed by atoms with Crippen LogP contribution < -0.4 is 33.2 Å². The van der Waals surface area contributed by atoms with Gasteiger partial charge in [0.1, 0.15) is 12.6 Å². The minimum Gasteiger partial charge on any atom is -0.481 e. The number of aliphatic imine (C=N–C) groups is 1. The first-order chi connectivity index (χ1) is 15.3. The van der Waals surface area contributed by atoms with Gasteiger partial charge in [-0.2, -0.15) is 0 Å². The van der Waals surface area contributed by atoms with E-state index in [1.165, 1.54) is 0 Å². The maximum atomic E-state index is 12.3. The molecule has 0 saturated heterocycles. The lowest BCUT2D eigenvalue weighted by molar-refractivity contribution is -0.149. The van der Waals surface area contributed by atoms with Crippen LogP contribution in [0.4, 0.5) is 0 Å². The van der Waals surface area contributed by atoms with E-state index in [0.717, 1.165) is 6.92 Å². The maximum Gasteiger partial charge on any atom is 0.329 e. The number of carbonyl (C=O) groups is 6. The molecular formula is C17H29N7O9. The molecule has 0 heterocycles. The molecule has 0 radical (unpaired) electrons. The average Bonchev–Trinajstić information content (AvgIpc) is 2.70. The van der Waals surface area contributed by atoms with Crippen molar-refractivity contribution in [1.82, 2.24) is 16.0 Å². The maximum absolute atomic E-state index is 12.3. The molecule has 16 heteroatoms. The van der Waals surface area contributed by atoms with E-state index in [-0.39, 0.29) is 18.9 Å². The lowest BCUT2D eigenvalue weighted by Crippen LogP contribution is -2.55. The van der Waals surface area contributed by atoms with Crippen LogP contribution in [0.15, 0.2) is 4.99 Å². The number of carboxylic acids is 2. The van der Waals surface area contributed by atoms with Crippen molar-refractivity contribution in [2.75, 3.05) is 19.7 Å². The van der Waals surface area contributed by atoms with E-state index in [4.69, 9.17) is 27.4 Å². The molecular weight excluding hydrogens is 446 g/mol. The van der Waals surface area contributed by atoms with Crippen molar-refractivity contribution in [3.63, 3.8) is 0 Å². The highest BCUT2D eigenvalue weighted by atomic mass is 16.5. The van der Waals surface area contributed by atoms with Crippen molar-refractivity contribution in [3.05, 3.63) is 0 Å². The Labute approximate surface area is 188 Å². The number of nitrogens with one attached hydrogen (secondary N) is 3. The number of carbonyl (C=O) groups excluding carboxylic acids is 4. The molecule has 11 N–H and O–H groups in total. The first-order valence-corrected chi connectivity index (χ1v) is 9.59. The quantitative estimate of drug-likeness (QED) is 0.0482. The molecule has 0 bridgehead atoms. The second kappa shape index (κ2) is 15.0. The third-order valence-corrected chi connectivity index (χ3v) is 3.83. The predicted octanol–water partition coefficient (Wildman–Crippen LogP) is -4.42. The van der Waals surface area contributed by atoms with Crippen molar-refractivity contribution < 1.29 is 43.7 Å². The Morgan fingerprint density at radius 1 is 1.00 bits per heavy atom. The highest BCUT2D eigenvalue weighted by molar-refractivity contribution is 5.94. The average molecular weight is 475 g/mol. The van der Waals surface area contributed by atoms with Gasteiger partial charge in [0.05, 0.1) is 19.0 Å². The Morgan fingerprint density at radius 2 is 1.64 bits per heavy atom. The number of rotatable bonds is 15. The molecule has 3 amide bonds. The molecule has 0 spiro atoms. The minimum atomic E-state index is -1.67. The number of carboxylic acid groups (broad SMARTS) is 2. The molecule has 0 saturated carbocycles. The summed E-state index contributed by atoms with van der Waals surface area (Å²) in [6.07, 6.45) is -0.263. The Hall–Kier alpha value is -3.95. The summed E-state index contributed by atoms with van der Waals surface area (Å²) in [6.45, 7) is -0.0517. The summed E-state index contributed by atoms with van der Waals surface area (Å²) in [6, 6.07) is -4.31. The number of nitrogens with zero attached hydrogens (tertiary/aromatic N) is 1. The summed E-state index contributed by atoms with van der Waals surface area (Å²) >= 11 is 0. The van der Waals surface area contributed by atoms with Crippen LogP contribution in [0.3, 0.4) is 0 Å². The third kappa shape index (κ3) is 13.9. The van der Waals surface area contributed by atoms with Crippen molar-refractivity contribution in [2.24, 2.45) is 22.2 Å². The van der Waals surface area contributed by atoms with Gasteiger partial charge in [-0.15, -0.1) is 0 Å². The molecule has 33 heavy (non-hydrogen) atoms. The molecule has 0 unspecified atom stereocenters. The lowest BCUT2D eigenvalue weighted by atomic mass is 10.1. The van der Waals surface area contributed by atoms with Crippen LogP contribution in [0, 0.1) is 0 Å². The van der Waals surface area contributed by atoms with Gasteiger partial charge in [0.25, 0.3) is 0 Å². The van der Waals surface area contributed by atoms with Gasteiger partial charge in [0, 0.05) is 13.5 Å². The van der Waals surface area contributed by atoms with Gasteiger partial charge in [0.2, 0.25) is 17.7 Å². The largest absolute Gasteiger partial charge is 0.481 e. The van der Waals surface area contributed by atoms with Crippen LogP contribution in [0.2, 0.25) is 0 Å². The number of amides is 3. The summed E-state index contributed by atoms with van der Waals surface area (Å²) in [5.41, 5.74) is 16.0. The van der Waals surface area contributed by atoms with Crippen molar-refractivity contribution in [1.29, 1.82) is 0 Å². The summed E-state index contributed by atoms with van der Waals surface area (Å²) in [7, 11) is 0. The van der Waals surface area contributed by atoms with E-state index >= 15 is 0 Å². The highest BCUT2D eigenvalue weighted by Crippen LogP contribution is 1.98. The normalized spacial score (nSPS) is 12.9. The SMILES string of the molecule is CC(=O)OC[C@H](NC(=O)[C@H](CC(=O)O)NC(=O)CNC(=O)[C@@H](N)CCCN=C(N)N)C(=O)O. The smallest absolute Gasteiger partial charge is 0.329 e. The van der Waals surface area contributed by atoms with Gasteiger partial charge in [-0.1, -0.05) is 0 Å². The van der Waals surface area contributed by atoms with Gasteiger partial charge in [-0.25, -0.2) is 4.79 Å². The van der Waals surface area contributed by atoms with E-state index in [2.05, 4.69) is 20.4 Å². The van der Waals surface area contributed by atoms with E-state index in [0.29, 0.717) is 6.42 Å². The fourth-order valence-electron chi connectivity index (χ4n) is 2.23. The summed E-state index contributed by atoms with van der Waals surface area (Å²) in [4.78, 5) is 73.1. The topological polar surface area (TPSA) is 279 Å². The molecule has 0 fully saturated rings. The summed E-state index contributed by atoms with van der Waals surface area (Å²) < 4.78 is 4.53. The number of esters is 1. The Balaban J connectivity index is 4.82. The zero-order chi connectivity index (χ0) is 25.6. The first-order valence-electron chi connectivity index (χ1n) is 9.59. The third-order valence-electron chi connectivity index (χ3n) is 3.83. The predicted molar refractivity (Wildman–Crippen MR) is 111 cm³/mol. The Morgan fingerprint density at radius 3 is 2.15 bits per heavy atom. The molecule has 0 aliphatic rings. The highest BCUT2D eigenvalue weighted by Gasteiger charge is 2.29. The van der Waals surface area contributed by atoms with Crippen molar-refractivity contribution >= 4 is 41.6 Å². The molecule has 186 valence electrons. The fraction of sp³-hybridized carbons (Fsp3) is 0.588. The van der Waals surface area contributed by atoms with Gasteiger partial charge in [-0.05, 0) is 12.8 Å². The standard InChI is InChI=1S/C17H29N7O9/c1-8(25)33-7-11(16(31)32)24-15(30)10(5-13(27)28)23-12(26)6-22-14(29)9(18)3-2-4-21-17(19)20/h9-11H,2-7,18H2,1H3,(H,22,29)(H,23,26)(H,24,30)(H,27,28)(H,31,32)(H4,19,20,21)/t9-,10-,11-/m0/s1. The second-order valence-corrected chi connectivity index (χ2v) is 6.69. The minimum absolute atomic E-state index is 0.106. The zero-order valence-corrected chi connectivity index (χ0v) is 17.9. The van der Waals surface area contributed by atoms with E-state index in [9.17, 15) is 28.8 Å². The number of aliphatic carboxylic acids is 2. The lowest BCUT2D eigenvalue weighted by Gasteiger charge is -2.20. The number of hydrogen-bond donors (Lipinski definition) is 8. The Kier molecular flexibility index (Phi) is 13.2. The number of guanidine groups is 1. The van der Waals surface area contributed by atoms with Gasteiger partial charge >= 0.3 is 17.9 Å². The fourth-order valence-corrected chi connectivity index (χ4v) is 2.23. The van der Waals surface area contributed by atoms with Crippen molar-refractivity contribution in [3.8, 4) is 0 Å². The summed E-state index contributed by atoms with van der Waals surface area (Å²) in [5.74, 6) is -6.67. The molecule has 0 aliphatic carbocycles. The molecule has 16 nitrogen and oxygen atoms in total. The van der Waals surface area contributed by atoms with Crippen LogP contribution in [0.25, 0.3) is 0 Å². The van der Waals surface area contributed by atoms with Gasteiger partial charge in [-0.3, -0.25) is 29.0 Å². The zero-order valence-electron chi connectivity index (χ0n) is 17.9. The second-order valence-electron chi connectivity index (χ2n) is 6.69. The molecule has 3 atom stereocenters. The molecule has 0 rings (SSSR count). The summed E-state index contributed by atoms with van der Waals surface area (Å²) in [5, 5.41) is 24.3. The van der Waals surface area contributed by atoms with Gasteiger partial charge in [0.15, 0.2) is 12.0 Å². The Bertz CT molecular complexity index is 768. The van der Waals surface area contributed by atoms with Crippen molar-refractivity contribution in [2.45, 2.75) is 44.3 Å². The van der Waals surface area contributed by atoms with Gasteiger partial charge < -0.3 is 48.1 Å². The molecule has 0 aromatic rings. The molecule has 0 aliphatic heterocycles. The van der Waals surface area contributed by atoms with E-state index in [1.807, 2.05) is 5.32 Å². The number of ether oxygens (including phenoxy) is 1. The van der Waals surface area contributed by atoms with Crippen LogP contribution in [0.1, 0.15) is 26.2 Å². The van der Waals surface area contributed by atoms with Crippen LogP contribution in [0.5, 0.6) is 0 Å². The monoisotopic (exact) mass is 475 g/mol.